The van der Waals surface area contributed by atoms with Crippen molar-refractivity contribution in [2.75, 3.05) is 6.54 Å². The lowest BCUT2D eigenvalue weighted by Crippen LogP contribution is -2.35. The maximum Gasteiger partial charge on any atom is 0.254 e. The average Bonchev–Trinajstić information content (AvgIpc) is 2.71. The molecule has 1 N–H and O–H groups in total. The minimum absolute atomic E-state index is 0.0845. The van der Waals surface area contributed by atoms with Crippen LogP contribution in [-0.4, -0.2) is 27.4 Å². The number of halogens is 1. The Morgan fingerprint density at radius 1 is 1.50 bits per heavy atom. The summed E-state index contributed by atoms with van der Waals surface area (Å²) in [5.41, 5.74) is 1.47. The van der Waals surface area contributed by atoms with Gasteiger partial charge in [-0.15, -0.1) is 0 Å². The van der Waals surface area contributed by atoms with E-state index in [1.807, 2.05) is 32.1 Å². The van der Waals surface area contributed by atoms with Gasteiger partial charge in [0.05, 0.1) is 18.2 Å². The third-order valence-corrected chi connectivity index (χ3v) is 5.19. The van der Waals surface area contributed by atoms with Gasteiger partial charge in [0.1, 0.15) is 17.8 Å². The quantitative estimate of drug-likeness (QED) is 0.264. The molecule has 0 aliphatic carbocycles. The fourth-order valence-electron chi connectivity index (χ4n) is 3.05. The Balaban J connectivity index is 3.13. The van der Waals surface area contributed by atoms with Gasteiger partial charge in [0.15, 0.2) is 0 Å². The van der Waals surface area contributed by atoms with Crippen molar-refractivity contribution in [2.24, 2.45) is 0 Å². The number of aromatic nitrogens is 2. The first-order valence-corrected chi connectivity index (χ1v) is 11.7. The van der Waals surface area contributed by atoms with Gasteiger partial charge in [-0.2, -0.15) is 5.26 Å². The first-order valence-electron chi connectivity index (χ1n) is 11.1. The third-order valence-electron chi connectivity index (χ3n) is 4.90. The maximum absolute atomic E-state index is 13.9. The van der Waals surface area contributed by atoms with Crippen LogP contribution in [0.15, 0.2) is 34.7 Å². The van der Waals surface area contributed by atoms with E-state index in [1.54, 1.807) is 0 Å². The Kier molecular flexibility index (Phi) is 12.1. The van der Waals surface area contributed by atoms with Crippen molar-refractivity contribution in [3.05, 3.63) is 51.7 Å². The van der Waals surface area contributed by atoms with E-state index < -0.39 is 5.41 Å². The number of amides is 1. The normalized spacial score (nSPS) is 14.7. The highest BCUT2D eigenvalue weighted by Crippen LogP contribution is 2.26. The van der Waals surface area contributed by atoms with Crippen LogP contribution in [-0.2, 0) is 17.8 Å². The molecular formula is C24H36FN4O2P. The first-order chi connectivity index (χ1) is 15.1. The number of unbranched alkanes of at least 4 members (excludes halogenated alkanes) is 1. The van der Waals surface area contributed by atoms with Crippen molar-refractivity contribution < 1.29 is 9.18 Å². The highest BCUT2D eigenvalue weighted by atomic mass is 31.0. The van der Waals surface area contributed by atoms with E-state index in [-0.39, 0.29) is 36.9 Å². The fraction of sp³-hybridized carbons (Fsp3) is 0.583. The zero-order valence-corrected chi connectivity index (χ0v) is 20.8. The highest BCUT2D eigenvalue weighted by molar-refractivity contribution is 7.18. The van der Waals surface area contributed by atoms with Crippen molar-refractivity contribution in [2.45, 2.75) is 84.1 Å². The lowest BCUT2D eigenvalue weighted by molar-refractivity contribution is -0.121. The first kappa shape index (κ1) is 27.7. The van der Waals surface area contributed by atoms with Gasteiger partial charge >= 0.3 is 0 Å². The molecule has 1 heterocycles. The summed E-state index contributed by atoms with van der Waals surface area (Å²) in [6, 6.07) is 3.42. The summed E-state index contributed by atoms with van der Waals surface area (Å²) in [6.45, 7) is 7.67. The number of alkyl halides is 1. The zero-order chi connectivity index (χ0) is 24.1. The molecule has 0 radical (unpaired) electrons. The van der Waals surface area contributed by atoms with Gasteiger partial charge in [0.25, 0.3) is 5.56 Å². The van der Waals surface area contributed by atoms with E-state index >= 15 is 0 Å². The Morgan fingerprint density at radius 2 is 2.22 bits per heavy atom. The van der Waals surface area contributed by atoms with Gasteiger partial charge < -0.3 is 5.32 Å². The van der Waals surface area contributed by atoms with Gasteiger partial charge in [-0.1, -0.05) is 53.3 Å². The predicted octanol–water partition coefficient (Wildman–Crippen LogP) is 4.56. The Hall–Kier alpha value is -2.32. The van der Waals surface area contributed by atoms with Crippen molar-refractivity contribution in [3.8, 4) is 6.07 Å². The molecular weight excluding hydrogens is 426 g/mol. The second-order valence-corrected chi connectivity index (χ2v) is 9.50. The number of nitriles is 1. The molecule has 0 spiro atoms. The van der Waals surface area contributed by atoms with Gasteiger partial charge in [-0.25, -0.2) is 9.37 Å². The number of nitrogens with zero attached hydrogens (tertiary/aromatic N) is 3. The number of hydrogen-bond donors (Lipinski definition) is 1. The number of rotatable bonds is 13. The van der Waals surface area contributed by atoms with Gasteiger partial charge in [-0.05, 0) is 33.1 Å². The molecule has 0 aliphatic heterocycles. The van der Waals surface area contributed by atoms with Crippen LogP contribution in [0, 0.1) is 11.3 Å². The van der Waals surface area contributed by atoms with Crippen LogP contribution in [0.3, 0.4) is 0 Å². The van der Waals surface area contributed by atoms with Crippen molar-refractivity contribution in [1.29, 1.82) is 5.26 Å². The summed E-state index contributed by atoms with van der Waals surface area (Å²) in [5, 5.41) is 9.85. The fourth-order valence-corrected chi connectivity index (χ4v) is 3.25. The minimum atomic E-state index is -1.39. The van der Waals surface area contributed by atoms with E-state index in [9.17, 15) is 14.0 Å². The predicted molar refractivity (Wildman–Crippen MR) is 130 cm³/mol. The minimum Gasteiger partial charge on any atom is -0.354 e. The molecule has 8 heteroatoms. The molecule has 3 atom stereocenters. The summed E-state index contributed by atoms with van der Waals surface area (Å²) in [4.78, 5) is 29.7. The number of nitrogens with one attached hydrogen (secondary N) is 1. The Bertz CT molecular complexity index is 910. The van der Waals surface area contributed by atoms with Crippen LogP contribution in [0.1, 0.15) is 77.2 Å². The third kappa shape index (κ3) is 10.8. The summed E-state index contributed by atoms with van der Waals surface area (Å²) in [7, 11) is 2.17. The number of hydrogen-bond acceptors (Lipinski definition) is 4. The molecule has 0 saturated heterocycles. The van der Waals surface area contributed by atoms with Crippen LogP contribution in [0.4, 0.5) is 4.39 Å². The maximum atomic E-state index is 13.9. The summed E-state index contributed by atoms with van der Waals surface area (Å²) in [6.07, 6.45) is 9.67. The molecule has 0 aliphatic rings. The molecule has 0 aromatic carbocycles. The largest absolute Gasteiger partial charge is 0.354 e. The molecule has 0 bridgehead atoms. The Labute approximate surface area is 193 Å². The van der Waals surface area contributed by atoms with E-state index in [0.717, 1.165) is 18.4 Å². The standard InChI is InChI=1S/C24H36FN4O2P/c1-5-6-9-18(2)11-12-19(3)20-16-23(31)29(17-22(30)27-15-8-14-26)21(28-20)10-7-13-24(4,25)32/h9,11-12,16,19H,5-8,10,13,15,17,32H2,1-4H3,(H,27,30)/b12-11-,18-9?. The molecule has 3 unspecified atom stereocenters. The van der Waals surface area contributed by atoms with Crippen LogP contribution >= 0.6 is 9.24 Å². The number of carbonyl (C=O) groups excluding carboxylic acids is 1. The topological polar surface area (TPSA) is 87.8 Å². The van der Waals surface area contributed by atoms with E-state index in [1.165, 1.54) is 17.6 Å². The lowest BCUT2D eigenvalue weighted by Gasteiger charge is -2.17. The van der Waals surface area contributed by atoms with E-state index in [0.29, 0.717) is 30.8 Å². The second kappa shape index (κ2) is 14.0. The number of allylic oxidation sites excluding steroid dienone is 4. The van der Waals surface area contributed by atoms with Crippen LogP contribution in [0.25, 0.3) is 0 Å². The van der Waals surface area contributed by atoms with Crippen LogP contribution < -0.4 is 10.9 Å². The van der Waals surface area contributed by atoms with E-state index in [4.69, 9.17) is 5.26 Å². The van der Waals surface area contributed by atoms with E-state index in [2.05, 4.69) is 32.5 Å². The summed E-state index contributed by atoms with van der Waals surface area (Å²) in [5.74, 6) is 0.0264. The van der Waals surface area contributed by atoms with Crippen molar-refractivity contribution in [1.82, 2.24) is 14.9 Å². The number of aryl methyl sites for hydroxylation is 1. The Morgan fingerprint density at radius 3 is 2.84 bits per heavy atom. The van der Waals surface area contributed by atoms with Crippen LogP contribution in [0.5, 0.6) is 0 Å². The molecule has 1 aromatic heterocycles. The SMILES string of the molecule is CCCC=C(C)/C=C\C(C)c1cc(=O)n(CC(=O)NCCC#N)c(CCCC(C)(F)P)n1. The van der Waals surface area contributed by atoms with Gasteiger partial charge in [-0.3, -0.25) is 14.2 Å². The highest BCUT2D eigenvalue weighted by Gasteiger charge is 2.18. The van der Waals surface area contributed by atoms with Gasteiger partial charge in [0.2, 0.25) is 5.91 Å². The molecule has 1 aromatic rings. The molecule has 176 valence electrons. The summed E-state index contributed by atoms with van der Waals surface area (Å²) < 4.78 is 15.2. The zero-order valence-electron chi connectivity index (χ0n) is 19.7. The molecule has 1 rings (SSSR count). The van der Waals surface area contributed by atoms with Crippen LogP contribution in [0.2, 0.25) is 0 Å². The second-order valence-electron chi connectivity index (χ2n) is 8.30. The van der Waals surface area contributed by atoms with Gasteiger partial charge in [0, 0.05) is 24.9 Å². The molecule has 32 heavy (non-hydrogen) atoms. The van der Waals surface area contributed by atoms with Crippen molar-refractivity contribution >= 4 is 15.1 Å². The molecule has 6 nitrogen and oxygen atoms in total. The number of carbonyl (C=O) groups is 1. The van der Waals surface area contributed by atoms with Crippen molar-refractivity contribution in [3.63, 3.8) is 0 Å². The molecule has 0 saturated carbocycles. The monoisotopic (exact) mass is 462 g/mol. The molecule has 1 amide bonds. The summed E-state index contributed by atoms with van der Waals surface area (Å²) >= 11 is 0. The smallest absolute Gasteiger partial charge is 0.254 e. The molecule has 0 fully saturated rings. The lowest BCUT2D eigenvalue weighted by atomic mass is 10.0. The average molecular weight is 463 g/mol.